The number of aromatic nitrogens is 2. The zero-order chi connectivity index (χ0) is 38.0. The second-order valence-corrected chi connectivity index (χ2v) is 16.6. The number of phenolic OH excluding ortho intramolecular Hbond substituents is 1. The molecular weight excluding hydrogens is 724 g/mol. The van der Waals surface area contributed by atoms with Crippen LogP contribution in [0.25, 0.3) is 20.7 Å². The summed E-state index contributed by atoms with van der Waals surface area (Å²) in [5, 5.41) is 17.1. The van der Waals surface area contributed by atoms with Gasteiger partial charge in [0.25, 0.3) is 0 Å². The first-order valence-electron chi connectivity index (χ1n) is 17.9. The number of carbonyl (C=O) groups is 5. The van der Waals surface area contributed by atoms with E-state index in [9.17, 15) is 24.3 Å². The van der Waals surface area contributed by atoms with Crippen LogP contribution in [-0.4, -0.2) is 44.3 Å². The summed E-state index contributed by atoms with van der Waals surface area (Å²) in [6.45, 7) is 5.27. The van der Waals surface area contributed by atoms with Crippen LogP contribution in [0.1, 0.15) is 54.1 Å². The Balaban J connectivity index is 1.13. The molecule has 2 aliphatic carbocycles. The average molecular weight is 759 g/mol. The lowest BCUT2D eigenvalue weighted by Gasteiger charge is -2.49. The average Bonchev–Trinajstić information content (AvgIpc) is 3.81. The summed E-state index contributed by atoms with van der Waals surface area (Å²) in [5.41, 5.74) is 2.68. The van der Waals surface area contributed by atoms with E-state index in [1.165, 1.54) is 16.7 Å². The van der Waals surface area contributed by atoms with Gasteiger partial charge in [-0.1, -0.05) is 35.4 Å². The van der Waals surface area contributed by atoms with Crippen LogP contribution in [0, 0.1) is 36.0 Å². The van der Waals surface area contributed by atoms with Crippen molar-refractivity contribution in [2.24, 2.45) is 36.1 Å². The molecular formula is C42H35ClN4O6S. The van der Waals surface area contributed by atoms with Gasteiger partial charge in [-0.05, 0) is 111 Å². The Morgan fingerprint density at radius 2 is 1.70 bits per heavy atom. The molecule has 1 saturated carbocycles. The van der Waals surface area contributed by atoms with E-state index in [0.29, 0.717) is 33.3 Å². The molecule has 5 aromatic rings. The third kappa shape index (κ3) is 4.77. The van der Waals surface area contributed by atoms with Crippen LogP contribution in [-0.2, 0) is 26.2 Å². The Hall–Kier alpha value is -5.39. The molecule has 4 heterocycles. The quantitative estimate of drug-likeness (QED) is 0.111. The summed E-state index contributed by atoms with van der Waals surface area (Å²) >= 11 is 7.87. The van der Waals surface area contributed by atoms with Gasteiger partial charge in [0.05, 0.1) is 33.7 Å². The molecule has 0 radical (unpaired) electrons. The number of hydrogen-bond donors (Lipinski definition) is 1. The number of carbonyl (C=O) groups excluding carboxylic acids is 5. The van der Waals surface area contributed by atoms with E-state index < -0.39 is 40.9 Å². The number of ketones is 1. The number of allylic oxidation sites excluding steroid dienone is 2. The number of nitrogens with zero attached hydrogens (tertiary/aromatic N) is 4. The third-order valence-electron chi connectivity index (χ3n) is 12.2. The molecule has 3 aromatic carbocycles. The van der Waals surface area contributed by atoms with Crippen LogP contribution in [0.4, 0.5) is 11.5 Å². The van der Waals surface area contributed by atoms with Crippen molar-refractivity contribution in [1.29, 1.82) is 0 Å². The van der Waals surface area contributed by atoms with Gasteiger partial charge in [0.1, 0.15) is 17.3 Å². The molecule has 2 saturated heterocycles. The van der Waals surface area contributed by atoms with Gasteiger partial charge in [-0.3, -0.25) is 33.6 Å². The van der Waals surface area contributed by atoms with Gasteiger partial charge < -0.3 is 5.11 Å². The largest absolute Gasteiger partial charge is 0.508 e. The van der Waals surface area contributed by atoms with Crippen LogP contribution in [0.2, 0.25) is 5.02 Å². The van der Waals surface area contributed by atoms with E-state index in [1.54, 1.807) is 71.6 Å². The topological polar surface area (TPSA) is 130 Å². The van der Waals surface area contributed by atoms with E-state index >= 15 is 4.79 Å². The first-order valence-corrected chi connectivity index (χ1v) is 19.1. The van der Waals surface area contributed by atoms with E-state index in [1.807, 2.05) is 44.2 Å². The van der Waals surface area contributed by atoms with Crippen LogP contribution >= 0.6 is 22.9 Å². The fourth-order valence-corrected chi connectivity index (χ4v) is 11.0. The number of hydrogen-bond acceptors (Lipinski definition) is 8. The predicted octanol–water partition coefficient (Wildman–Crippen LogP) is 7.61. The third-order valence-corrected chi connectivity index (χ3v) is 13.8. The molecule has 3 fully saturated rings. The van der Waals surface area contributed by atoms with Crippen molar-refractivity contribution in [3.05, 3.63) is 106 Å². The smallest absolute Gasteiger partial charge is 0.242 e. The van der Waals surface area contributed by atoms with Crippen molar-refractivity contribution < 1.29 is 29.1 Å². The molecule has 2 aromatic heterocycles. The van der Waals surface area contributed by atoms with E-state index in [-0.39, 0.29) is 42.1 Å². The van der Waals surface area contributed by atoms with Gasteiger partial charge in [0.15, 0.2) is 5.78 Å². The van der Waals surface area contributed by atoms with Gasteiger partial charge in [-0.25, -0.2) is 4.90 Å². The van der Waals surface area contributed by atoms with Crippen LogP contribution in [0.3, 0.4) is 0 Å². The molecule has 12 heteroatoms. The second kappa shape index (κ2) is 12.1. The Kier molecular flexibility index (Phi) is 7.68. The number of thiophene rings is 1. The molecule has 1 N–H and O–H groups in total. The summed E-state index contributed by atoms with van der Waals surface area (Å²) in [4.78, 5) is 73.5. The number of halogens is 1. The number of phenols is 1. The van der Waals surface area contributed by atoms with Crippen molar-refractivity contribution in [2.75, 3.05) is 9.80 Å². The minimum atomic E-state index is -1.28. The van der Waals surface area contributed by atoms with Crippen molar-refractivity contribution in [3.8, 4) is 16.3 Å². The molecule has 0 spiro atoms. The monoisotopic (exact) mass is 758 g/mol. The summed E-state index contributed by atoms with van der Waals surface area (Å²) < 4.78 is 2.60. The van der Waals surface area contributed by atoms with Gasteiger partial charge in [-0.15, -0.1) is 11.3 Å². The molecule has 54 heavy (non-hydrogen) atoms. The number of imide groups is 2. The van der Waals surface area contributed by atoms with Crippen molar-refractivity contribution in [3.63, 3.8) is 0 Å². The predicted molar refractivity (Wildman–Crippen MR) is 205 cm³/mol. The molecule has 6 atom stereocenters. The molecule has 4 amide bonds. The fraction of sp³-hybridized carbons (Fsp3) is 0.286. The number of anilines is 2. The Morgan fingerprint density at radius 1 is 0.944 bits per heavy atom. The van der Waals surface area contributed by atoms with Gasteiger partial charge >= 0.3 is 0 Å². The van der Waals surface area contributed by atoms with E-state index in [4.69, 9.17) is 16.7 Å². The highest BCUT2D eigenvalue weighted by atomic mass is 35.5. The number of Topliss-reactive ketones (excluding diaryl/α,β-unsaturated/α-hetero) is 1. The minimum Gasteiger partial charge on any atom is -0.508 e. The molecule has 0 bridgehead atoms. The molecule has 10 nitrogen and oxygen atoms in total. The lowest BCUT2D eigenvalue weighted by molar-refractivity contribution is -0.131. The van der Waals surface area contributed by atoms with Crippen molar-refractivity contribution in [2.45, 2.75) is 39.5 Å². The van der Waals surface area contributed by atoms with Crippen LogP contribution < -0.4 is 9.80 Å². The highest BCUT2D eigenvalue weighted by Crippen LogP contribution is 2.64. The normalized spacial score (nSPS) is 26.3. The van der Waals surface area contributed by atoms with Gasteiger partial charge in [-0.2, -0.15) is 5.10 Å². The highest BCUT2D eigenvalue weighted by Gasteiger charge is 2.68. The molecule has 6 unspecified atom stereocenters. The first kappa shape index (κ1) is 34.4. The Morgan fingerprint density at radius 3 is 2.43 bits per heavy atom. The zero-order valence-corrected chi connectivity index (χ0v) is 31.4. The minimum absolute atomic E-state index is 0.0151. The number of benzene rings is 3. The summed E-state index contributed by atoms with van der Waals surface area (Å²) in [7, 11) is 1.71. The highest BCUT2D eigenvalue weighted by molar-refractivity contribution is 7.22. The zero-order valence-electron chi connectivity index (χ0n) is 29.9. The SMILES string of the molecule is CC(=O)c1ccc(N2C(=O)C3CC=C4C(CC5C(=O)N(c6cc(-c7sc8ccc(Cl)cc8c7C)nn6C)C(=O)C5(C)C4c4cccc(O)c4)C3C2=O)cc1. The van der Waals surface area contributed by atoms with Crippen LogP contribution in [0.15, 0.2) is 84.4 Å². The number of amides is 4. The van der Waals surface area contributed by atoms with E-state index in [2.05, 4.69) is 0 Å². The maximum absolute atomic E-state index is 15.0. The Bertz CT molecular complexity index is 2540. The standard InChI is InChI=1S/C42H35ClN4O6S/c1-20-29-17-24(43)10-15-33(29)54-37(20)32-19-34(45(4)44-32)47-39(51)31-18-30-27(36(42(31,3)41(47)53)23-6-5-7-26(49)16-23)13-14-28-35(30)40(52)46(38(28)50)25-11-8-22(9-12-25)21(2)48/h5-13,15-17,19,28,30-31,35-36,49H,14,18H2,1-4H3. The number of fused-ring (bicyclic) bond motifs is 5. The first-order chi connectivity index (χ1) is 25.8. The van der Waals surface area contributed by atoms with Crippen molar-refractivity contribution in [1.82, 2.24) is 9.78 Å². The maximum atomic E-state index is 15.0. The fourth-order valence-electron chi connectivity index (χ4n) is 9.63. The second-order valence-electron chi connectivity index (χ2n) is 15.1. The lowest BCUT2D eigenvalue weighted by atomic mass is 9.51. The lowest BCUT2D eigenvalue weighted by Crippen LogP contribution is -2.48. The maximum Gasteiger partial charge on any atom is 0.242 e. The summed E-state index contributed by atoms with van der Waals surface area (Å²) in [6, 6.07) is 20.7. The summed E-state index contributed by atoms with van der Waals surface area (Å²) in [5.74, 6) is -4.65. The number of aromatic hydroxyl groups is 1. The number of aryl methyl sites for hydroxylation is 2. The summed E-state index contributed by atoms with van der Waals surface area (Å²) in [6.07, 6.45) is 2.46. The van der Waals surface area contributed by atoms with Crippen molar-refractivity contribution >= 4 is 73.9 Å². The molecule has 9 rings (SSSR count). The number of rotatable bonds is 5. The van der Waals surface area contributed by atoms with Crippen LogP contribution in [0.5, 0.6) is 5.75 Å². The Labute approximate surface area is 319 Å². The molecule has 2 aliphatic heterocycles. The molecule has 272 valence electrons. The molecule has 4 aliphatic rings. The van der Waals surface area contributed by atoms with E-state index in [0.717, 1.165) is 26.1 Å². The van der Waals surface area contributed by atoms with Gasteiger partial charge in [0, 0.05) is 34.3 Å². The van der Waals surface area contributed by atoms with Gasteiger partial charge in [0.2, 0.25) is 23.6 Å².